The maximum absolute atomic E-state index is 11.7. The molecule has 86 valence electrons. The summed E-state index contributed by atoms with van der Waals surface area (Å²) in [5, 5.41) is 11.9. The molecule has 0 unspecified atom stereocenters. The highest BCUT2D eigenvalue weighted by Gasteiger charge is 2.11. The van der Waals surface area contributed by atoms with E-state index in [-0.39, 0.29) is 22.4 Å². The average Bonchev–Trinajstić information content (AvgIpc) is 2.29. The van der Waals surface area contributed by atoms with E-state index in [2.05, 4.69) is 20.3 Å². The fourth-order valence-corrected chi connectivity index (χ4v) is 1.31. The zero-order valence-electron chi connectivity index (χ0n) is 8.46. The van der Waals surface area contributed by atoms with Crippen molar-refractivity contribution in [1.29, 1.82) is 0 Å². The average molecular weight is 251 g/mol. The standard InChI is InChI=1S/C10H7ClN4O2/c11-10-13-4-2-8(15-10)14-9(17)6-1-3-12-5-7(6)16/h1-5,16H,(H,13,14,15,17). The number of pyridine rings is 1. The Kier molecular flexibility index (Phi) is 3.15. The highest BCUT2D eigenvalue weighted by atomic mass is 35.5. The Hall–Kier alpha value is -2.21. The van der Waals surface area contributed by atoms with E-state index in [1.165, 1.54) is 30.7 Å². The molecule has 6 nitrogen and oxygen atoms in total. The molecule has 2 aromatic rings. The van der Waals surface area contributed by atoms with Gasteiger partial charge < -0.3 is 10.4 Å². The molecule has 17 heavy (non-hydrogen) atoms. The van der Waals surface area contributed by atoms with Crippen molar-refractivity contribution in [1.82, 2.24) is 15.0 Å². The zero-order chi connectivity index (χ0) is 12.3. The topological polar surface area (TPSA) is 88.0 Å². The quantitative estimate of drug-likeness (QED) is 0.789. The van der Waals surface area contributed by atoms with E-state index in [1.54, 1.807) is 0 Å². The fraction of sp³-hybridized carbons (Fsp3) is 0. The van der Waals surface area contributed by atoms with Gasteiger partial charge in [-0.05, 0) is 23.7 Å². The minimum absolute atomic E-state index is 0.0294. The molecule has 2 rings (SSSR count). The number of rotatable bonds is 2. The van der Waals surface area contributed by atoms with Crippen LogP contribution in [0.1, 0.15) is 10.4 Å². The van der Waals surface area contributed by atoms with E-state index in [9.17, 15) is 9.90 Å². The summed E-state index contributed by atoms with van der Waals surface area (Å²) in [7, 11) is 0. The number of nitrogens with one attached hydrogen (secondary N) is 1. The smallest absolute Gasteiger partial charge is 0.260 e. The number of carbonyl (C=O) groups excluding carboxylic acids is 1. The summed E-state index contributed by atoms with van der Waals surface area (Å²) >= 11 is 5.57. The predicted molar refractivity (Wildman–Crippen MR) is 60.9 cm³/mol. The van der Waals surface area contributed by atoms with Crippen LogP contribution in [0.2, 0.25) is 5.28 Å². The van der Waals surface area contributed by atoms with Crippen LogP contribution >= 0.6 is 11.6 Å². The molecule has 7 heteroatoms. The molecule has 0 spiro atoms. The van der Waals surface area contributed by atoms with Gasteiger partial charge in [0, 0.05) is 12.4 Å². The largest absolute Gasteiger partial charge is 0.505 e. The molecule has 0 saturated carbocycles. The van der Waals surface area contributed by atoms with Crippen molar-refractivity contribution >= 4 is 23.3 Å². The normalized spacial score (nSPS) is 9.94. The van der Waals surface area contributed by atoms with Gasteiger partial charge in [0.15, 0.2) is 0 Å². The molecule has 2 aromatic heterocycles. The number of nitrogens with zero attached hydrogens (tertiary/aromatic N) is 3. The molecule has 0 radical (unpaired) electrons. The minimum atomic E-state index is -0.500. The van der Waals surface area contributed by atoms with Crippen molar-refractivity contribution in [3.05, 3.63) is 41.6 Å². The van der Waals surface area contributed by atoms with Gasteiger partial charge >= 0.3 is 0 Å². The first-order chi connectivity index (χ1) is 8.16. The van der Waals surface area contributed by atoms with Gasteiger partial charge in [-0.3, -0.25) is 9.78 Å². The summed E-state index contributed by atoms with van der Waals surface area (Å²) in [4.78, 5) is 22.9. The Morgan fingerprint density at radius 1 is 1.35 bits per heavy atom. The van der Waals surface area contributed by atoms with Crippen LogP contribution in [0.25, 0.3) is 0 Å². The van der Waals surface area contributed by atoms with Gasteiger partial charge in [0.2, 0.25) is 5.28 Å². The van der Waals surface area contributed by atoms with Gasteiger partial charge in [-0.15, -0.1) is 0 Å². The minimum Gasteiger partial charge on any atom is -0.505 e. The van der Waals surface area contributed by atoms with Crippen LogP contribution in [0.4, 0.5) is 5.82 Å². The lowest BCUT2D eigenvalue weighted by atomic mass is 10.2. The predicted octanol–water partition coefficient (Wildman–Crippen LogP) is 1.48. The molecule has 0 saturated heterocycles. The number of anilines is 1. The van der Waals surface area contributed by atoms with E-state index >= 15 is 0 Å². The number of hydrogen-bond donors (Lipinski definition) is 2. The van der Waals surface area contributed by atoms with Crippen molar-refractivity contribution < 1.29 is 9.90 Å². The third kappa shape index (κ3) is 2.67. The first kappa shape index (κ1) is 11.3. The number of amides is 1. The third-order valence-corrected chi connectivity index (χ3v) is 2.09. The zero-order valence-corrected chi connectivity index (χ0v) is 9.22. The fourth-order valence-electron chi connectivity index (χ4n) is 1.17. The summed E-state index contributed by atoms with van der Waals surface area (Å²) < 4.78 is 0. The lowest BCUT2D eigenvalue weighted by molar-refractivity contribution is 0.102. The van der Waals surface area contributed by atoms with Gasteiger partial charge in [-0.2, -0.15) is 0 Å². The first-order valence-corrected chi connectivity index (χ1v) is 4.97. The molecule has 0 atom stereocenters. The molecular weight excluding hydrogens is 244 g/mol. The SMILES string of the molecule is O=C(Nc1ccnc(Cl)n1)c1ccncc1O. The maximum atomic E-state index is 11.7. The molecular formula is C10H7ClN4O2. The van der Waals surface area contributed by atoms with Crippen LogP contribution in [0, 0.1) is 0 Å². The van der Waals surface area contributed by atoms with Crippen molar-refractivity contribution in [2.75, 3.05) is 5.32 Å². The van der Waals surface area contributed by atoms with E-state index in [0.29, 0.717) is 0 Å². The van der Waals surface area contributed by atoms with E-state index in [0.717, 1.165) is 0 Å². The highest BCUT2D eigenvalue weighted by molar-refractivity contribution is 6.28. The molecule has 1 amide bonds. The Morgan fingerprint density at radius 3 is 2.88 bits per heavy atom. The Balaban J connectivity index is 2.20. The van der Waals surface area contributed by atoms with Crippen molar-refractivity contribution in [2.24, 2.45) is 0 Å². The summed E-state index contributed by atoms with van der Waals surface area (Å²) in [6, 6.07) is 2.88. The second-order valence-corrected chi connectivity index (χ2v) is 3.40. The van der Waals surface area contributed by atoms with Crippen LogP contribution in [0.5, 0.6) is 5.75 Å². The lowest BCUT2D eigenvalue weighted by Gasteiger charge is -2.05. The van der Waals surface area contributed by atoms with E-state index in [1.807, 2.05) is 0 Å². The van der Waals surface area contributed by atoms with Gasteiger partial charge in [0.1, 0.15) is 11.6 Å². The summed E-state index contributed by atoms with van der Waals surface area (Å²) in [6.45, 7) is 0. The van der Waals surface area contributed by atoms with Gasteiger partial charge in [-0.25, -0.2) is 9.97 Å². The number of aromatic nitrogens is 3. The third-order valence-electron chi connectivity index (χ3n) is 1.91. The van der Waals surface area contributed by atoms with Crippen LogP contribution in [0.15, 0.2) is 30.7 Å². The molecule has 0 aromatic carbocycles. The monoisotopic (exact) mass is 250 g/mol. The number of halogens is 1. The second-order valence-electron chi connectivity index (χ2n) is 3.06. The Bertz CT molecular complexity index is 562. The lowest BCUT2D eigenvalue weighted by Crippen LogP contribution is -2.13. The van der Waals surface area contributed by atoms with Crippen LogP contribution < -0.4 is 5.32 Å². The Labute approximate surface area is 101 Å². The number of aromatic hydroxyl groups is 1. The highest BCUT2D eigenvalue weighted by Crippen LogP contribution is 2.15. The number of hydrogen-bond acceptors (Lipinski definition) is 5. The summed E-state index contributed by atoms with van der Waals surface area (Å²) in [5.41, 5.74) is 0.106. The molecule has 0 bridgehead atoms. The van der Waals surface area contributed by atoms with E-state index < -0.39 is 5.91 Å². The van der Waals surface area contributed by atoms with Gasteiger partial charge in [-0.1, -0.05) is 0 Å². The van der Waals surface area contributed by atoms with Crippen molar-refractivity contribution in [3.8, 4) is 5.75 Å². The Morgan fingerprint density at radius 2 is 2.18 bits per heavy atom. The summed E-state index contributed by atoms with van der Waals surface area (Å²) in [6.07, 6.45) is 4.00. The molecule has 0 aliphatic carbocycles. The van der Waals surface area contributed by atoms with Crippen LogP contribution in [-0.2, 0) is 0 Å². The molecule has 0 aliphatic heterocycles. The van der Waals surface area contributed by atoms with Crippen LogP contribution in [0.3, 0.4) is 0 Å². The van der Waals surface area contributed by atoms with Gasteiger partial charge in [0.05, 0.1) is 11.8 Å². The number of carbonyl (C=O) groups is 1. The molecule has 2 heterocycles. The van der Waals surface area contributed by atoms with Crippen LogP contribution in [-0.4, -0.2) is 26.0 Å². The second kappa shape index (κ2) is 4.75. The maximum Gasteiger partial charge on any atom is 0.260 e. The molecule has 2 N–H and O–H groups in total. The molecule has 0 fully saturated rings. The van der Waals surface area contributed by atoms with Gasteiger partial charge in [0.25, 0.3) is 5.91 Å². The molecule has 0 aliphatic rings. The first-order valence-electron chi connectivity index (χ1n) is 4.59. The van der Waals surface area contributed by atoms with Crippen molar-refractivity contribution in [3.63, 3.8) is 0 Å². The van der Waals surface area contributed by atoms with Crippen molar-refractivity contribution in [2.45, 2.75) is 0 Å². The summed E-state index contributed by atoms with van der Waals surface area (Å²) in [5.74, 6) is -0.448. The van der Waals surface area contributed by atoms with E-state index in [4.69, 9.17) is 11.6 Å².